The summed E-state index contributed by atoms with van der Waals surface area (Å²) in [5.41, 5.74) is 0.127. The summed E-state index contributed by atoms with van der Waals surface area (Å²) in [5.74, 6) is -0.200. The minimum atomic E-state index is -0.277. The van der Waals surface area contributed by atoms with E-state index in [4.69, 9.17) is 27.9 Å². The molecule has 1 aromatic rings. The molecular weight excluding hydrogens is 353 g/mol. The number of amides is 1. The number of carbonyl (C=O) groups excluding carboxylic acids is 1. The van der Waals surface area contributed by atoms with Crippen LogP contribution in [0.4, 0.5) is 0 Å². The van der Waals surface area contributed by atoms with Gasteiger partial charge in [-0.1, -0.05) is 45.2 Å². The van der Waals surface area contributed by atoms with E-state index in [1.165, 1.54) is 0 Å². The van der Waals surface area contributed by atoms with E-state index in [1.807, 2.05) is 0 Å². The van der Waals surface area contributed by atoms with Crippen molar-refractivity contribution in [2.24, 2.45) is 0 Å². The van der Waals surface area contributed by atoms with Crippen molar-refractivity contribution >= 4 is 45.0 Å². The summed E-state index contributed by atoms with van der Waals surface area (Å²) in [4.78, 5) is 12.3. The predicted molar refractivity (Wildman–Crippen MR) is 80.5 cm³/mol. The van der Waals surface area contributed by atoms with Gasteiger partial charge in [-0.25, -0.2) is 0 Å². The normalized spacial score (nSPS) is 18.1. The molecule has 0 aromatic heterocycles. The lowest BCUT2D eigenvalue weighted by atomic mass is 9.92. The van der Waals surface area contributed by atoms with E-state index in [1.54, 1.807) is 18.2 Å². The average molecular weight is 367 g/mol. The molecule has 1 aliphatic rings. The van der Waals surface area contributed by atoms with E-state index in [9.17, 15) is 4.79 Å². The number of benzene rings is 1. The largest absolute Gasteiger partial charge is 0.381 e. The molecule has 0 atom stereocenters. The molecule has 1 aromatic carbocycles. The van der Waals surface area contributed by atoms with Gasteiger partial charge in [0.05, 0.1) is 21.1 Å². The van der Waals surface area contributed by atoms with Gasteiger partial charge in [-0.3, -0.25) is 4.79 Å². The van der Waals surface area contributed by atoms with Crippen LogP contribution in [0.25, 0.3) is 0 Å². The van der Waals surface area contributed by atoms with Crippen LogP contribution in [0, 0.1) is 0 Å². The van der Waals surface area contributed by atoms with Crippen molar-refractivity contribution < 1.29 is 9.53 Å². The molecule has 1 fully saturated rings. The number of hydrogen-bond donors (Lipinski definition) is 1. The Bertz CT molecular complexity index is 476. The molecule has 1 amide bonds. The SMILES string of the molecule is O=C(NC1(CBr)CCOCC1)c1cccc(Cl)c1Cl. The van der Waals surface area contributed by atoms with Gasteiger partial charge in [0, 0.05) is 18.5 Å². The number of alkyl halides is 1. The molecule has 2 rings (SSSR count). The van der Waals surface area contributed by atoms with Crippen LogP contribution in [-0.2, 0) is 4.74 Å². The van der Waals surface area contributed by atoms with Crippen molar-refractivity contribution in [3.8, 4) is 0 Å². The Balaban J connectivity index is 2.17. The Kier molecular flexibility index (Phi) is 5.12. The summed E-state index contributed by atoms with van der Waals surface area (Å²) in [6.45, 7) is 1.30. The van der Waals surface area contributed by atoms with Gasteiger partial charge in [0.15, 0.2) is 0 Å². The van der Waals surface area contributed by atoms with E-state index in [0.717, 1.165) is 12.8 Å². The van der Waals surface area contributed by atoms with E-state index < -0.39 is 0 Å². The highest BCUT2D eigenvalue weighted by atomic mass is 79.9. The van der Waals surface area contributed by atoms with Gasteiger partial charge in [0.2, 0.25) is 0 Å². The molecule has 1 saturated heterocycles. The molecule has 6 heteroatoms. The second-order valence-electron chi connectivity index (χ2n) is 4.58. The maximum Gasteiger partial charge on any atom is 0.253 e. The first-order valence-electron chi connectivity index (χ1n) is 5.98. The number of halogens is 3. The fourth-order valence-corrected chi connectivity index (χ4v) is 3.13. The highest BCUT2D eigenvalue weighted by Gasteiger charge is 2.33. The number of carbonyl (C=O) groups is 1. The standard InChI is InChI=1S/C13H14BrCl2NO2/c14-8-13(4-6-19-7-5-13)17-12(18)9-2-1-3-10(15)11(9)16/h1-3H,4-8H2,(H,17,18). The topological polar surface area (TPSA) is 38.3 Å². The molecule has 1 heterocycles. The van der Waals surface area contributed by atoms with Crippen LogP contribution < -0.4 is 5.32 Å². The van der Waals surface area contributed by atoms with E-state index in [-0.39, 0.29) is 11.4 Å². The van der Waals surface area contributed by atoms with Gasteiger partial charge in [-0.15, -0.1) is 0 Å². The second kappa shape index (κ2) is 6.44. The Morgan fingerprint density at radius 2 is 2.05 bits per heavy atom. The molecule has 1 N–H and O–H groups in total. The highest BCUT2D eigenvalue weighted by molar-refractivity contribution is 9.09. The van der Waals surface area contributed by atoms with Crippen LogP contribution in [-0.4, -0.2) is 30.0 Å². The minimum absolute atomic E-state index is 0.200. The molecule has 3 nitrogen and oxygen atoms in total. The molecule has 0 aliphatic carbocycles. The maximum absolute atomic E-state index is 12.3. The van der Waals surface area contributed by atoms with Crippen molar-refractivity contribution in [2.75, 3.05) is 18.5 Å². The van der Waals surface area contributed by atoms with Crippen LogP contribution in [0.1, 0.15) is 23.2 Å². The Morgan fingerprint density at radius 3 is 2.68 bits per heavy atom. The summed E-state index contributed by atoms with van der Waals surface area (Å²) >= 11 is 15.5. The first-order valence-corrected chi connectivity index (χ1v) is 7.86. The third kappa shape index (κ3) is 3.43. The van der Waals surface area contributed by atoms with Crippen molar-refractivity contribution in [1.29, 1.82) is 0 Å². The van der Waals surface area contributed by atoms with Gasteiger partial charge in [-0.2, -0.15) is 0 Å². The zero-order valence-corrected chi connectivity index (χ0v) is 13.3. The van der Waals surface area contributed by atoms with Crippen LogP contribution in [0.15, 0.2) is 18.2 Å². The molecule has 0 unspecified atom stereocenters. The smallest absolute Gasteiger partial charge is 0.253 e. The molecule has 1 aliphatic heterocycles. The first-order chi connectivity index (χ1) is 9.08. The number of ether oxygens (including phenoxy) is 1. The van der Waals surface area contributed by atoms with Gasteiger partial charge >= 0.3 is 0 Å². The molecule has 0 radical (unpaired) electrons. The zero-order valence-electron chi connectivity index (χ0n) is 10.2. The van der Waals surface area contributed by atoms with E-state index >= 15 is 0 Å². The van der Waals surface area contributed by atoms with Crippen molar-refractivity contribution in [2.45, 2.75) is 18.4 Å². The summed E-state index contributed by atoms with van der Waals surface area (Å²) in [7, 11) is 0. The van der Waals surface area contributed by atoms with E-state index in [2.05, 4.69) is 21.2 Å². The quantitative estimate of drug-likeness (QED) is 0.829. The van der Waals surface area contributed by atoms with Crippen molar-refractivity contribution in [3.63, 3.8) is 0 Å². The van der Waals surface area contributed by atoms with Crippen LogP contribution in [0.3, 0.4) is 0 Å². The summed E-state index contributed by atoms with van der Waals surface area (Å²) in [5, 5.41) is 4.42. The predicted octanol–water partition coefficient (Wildman–Crippen LogP) is 3.67. The lowest BCUT2D eigenvalue weighted by Crippen LogP contribution is -2.53. The fourth-order valence-electron chi connectivity index (χ4n) is 2.04. The fraction of sp³-hybridized carbons (Fsp3) is 0.462. The first kappa shape index (κ1) is 15.1. The number of rotatable bonds is 3. The Hall–Kier alpha value is -0.290. The molecule has 104 valence electrons. The lowest BCUT2D eigenvalue weighted by Gasteiger charge is -2.36. The maximum atomic E-state index is 12.3. The third-order valence-electron chi connectivity index (χ3n) is 3.28. The molecule has 0 spiro atoms. The van der Waals surface area contributed by atoms with Gasteiger partial charge in [0.25, 0.3) is 5.91 Å². The Labute approximate surface area is 130 Å². The van der Waals surface area contributed by atoms with Gasteiger partial charge < -0.3 is 10.1 Å². The zero-order chi connectivity index (χ0) is 13.9. The number of nitrogens with one attached hydrogen (secondary N) is 1. The summed E-state index contributed by atoms with van der Waals surface area (Å²) in [6.07, 6.45) is 1.56. The Morgan fingerprint density at radius 1 is 1.37 bits per heavy atom. The van der Waals surface area contributed by atoms with E-state index in [0.29, 0.717) is 34.2 Å². The monoisotopic (exact) mass is 365 g/mol. The molecule has 0 saturated carbocycles. The van der Waals surface area contributed by atoms with Crippen LogP contribution in [0.2, 0.25) is 10.0 Å². The van der Waals surface area contributed by atoms with Crippen LogP contribution in [0.5, 0.6) is 0 Å². The summed E-state index contributed by atoms with van der Waals surface area (Å²) < 4.78 is 5.34. The third-order valence-corrected chi connectivity index (χ3v) is 5.17. The lowest BCUT2D eigenvalue weighted by molar-refractivity contribution is 0.0442. The van der Waals surface area contributed by atoms with Crippen molar-refractivity contribution in [1.82, 2.24) is 5.32 Å². The highest BCUT2D eigenvalue weighted by Crippen LogP contribution is 2.28. The van der Waals surface area contributed by atoms with Crippen LogP contribution >= 0.6 is 39.1 Å². The average Bonchev–Trinajstić information content (AvgIpc) is 2.42. The molecule has 19 heavy (non-hydrogen) atoms. The summed E-state index contributed by atoms with van der Waals surface area (Å²) in [6, 6.07) is 5.05. The van der Waals surface area contributed by atoms with Gasteiger partial charge in [-0.05, 0) is 25.0 Å². The molecule has 0 bridgehead atoms. The minimum Gasteiger partial charge on any atom is -0.381 e. The molecular formula is C13H14BrCl2NO2. The van der Waals surface area contributed by atoms with Crippen molar-refractivity contribution in [3.05, 3.63) is 33.8 Å². The van der Waals surface area contributed by atoms with Gasteiger partial charge in [0.1, 0.15) is 0 Å². The second-order valence-corrected chi connectivity index (χ2v) is 5.93. The number of hydrogen-bond acceptors (Lipinski definition) is 2.